The number of rotatable bonds is 0. The summed E-state index contributed by atoms with van der Waals surface area (Å²) in [5, 5.41) is 0.739. The van der Waals surface area contributed by atoms with E-state index >= 15 is 0 Å². The van der Waals surface area contributed by atoms with E-state index in [0.717, 1.165) is 21.6 Å². The minimum absolute atomic E-state index is 0.739. The van der Waals surface area contributed by atoms with E-state index in [2.05, 4.69) is 9.97 Å². The summed E-state index contributed by atoms with van der Waals surface area (Å²) in [5.74, 6) is 0. The molecule has 60 valence electrons. The number of aryl methyl sites for hydroxylation is 1. The van der Waals surface area contributed by atoms with Crippen LogP contribution < -0.4 is 0 Å². The molecule has 2 nitrogen and oxygen atoms in total. The van der Waals surface area contributed by atoms with E-state index in [0.29, 0.717) is 0 Å². The van der Waals surface area contributed by atoms with Crippen LogP contribution in [0.4, 0.5) is 0 Å². The van der Waals surface area contributed by atoms with Crippen LogP contribution in [0.15, 0.2) is 24.5 Å². The van der Waals surface area contributed by atoms with Crippen LogP contribution in [0.3, 0.4) is 0 Å². The maximum absolute atomic E-state index is 5.92. The first-order valence-corrected chi connectivity index (χ1v) is 4.02. The van der Waals surface area contributed by atoms with Crippen molar-refractivity contribution in [2.75, 3.05) is 0 Å². The number of aromatic nitrogens is 2. The van der Waals surface area contributed by atoms with E-state index in [1.54, 1.807) is 12.4 Å². The van der Waals surface area contributed by atoms with Crippen molar-refractivity contribution >= 4 is 22.6 Å². The van der Waals surface area contributed by atoms with Crippen LogP contribution in [0.5, 0.6) is 0 Å². The predicted molar refractivity (Wildman–Crippen MR) is 49.3 cm³/mol. The highest BCUT2D eigenvalue weighted by atomic mass is 35.5. The highest BCUT2D eigenvalue weighted by Gasteiger charge is 2.01. The van der Waals surface area contributed by atoms with Crippen molar-refractivity contribution in [3.8, 4) is 0 Å². The standard InChI is InChI=1S/C9H7ClN2/c1-6-7(10)2-3-8-9(6)12-5-4-11-8/h2-5H,1H3. The van der Waals surface area contributed by atoms with E-state index in [-0.39, 0.29) is 0 Å². The molecule has 1 aromatic carbocycles. The number of nitrogens with zero attached hydrogens (tertiary/aromatic N) is 2. The normalized spacial score (nSPS) is 10.5. The topological polar surface area (TPSA) is 25.8 Å². The van der Waals surface area contributed by atoms with Crippen LogP contribution in [0.1, 0.15) is 5.56 Å². The minimum atomic E-state index is 0.739. The van der Waals surface area contributed by atoms with E-state index in [9.17, 15) is 0 Å². The molecule has 0 radical (unpaired) electrons. The van der Waals surface area contributed by atoms with Gasteiger partial charge in [0.2, 0.25) is 0 Å². The smallest absolute Gasteiger partial charge is 0.0930 e. The quantitative estimate of drug-likeness (QED) is 0.620. The lowest BCUT2D eigenvalue weighted by Crippen LogP contribution is -1.85. The molecular weight excluding hydrogens is 172 g/mol. The van der Waals surface area contributed by atoms with E-state index in [1.165, 1.54) is 0 Å². The van der Waals surface area contributed by atoms with Gasteiger partial charge in [0.1, 0.15) is 0 Å². The summed E-state index contributed by atoms with van der Waals surface area (Å²) in [6, 6.07) is 3.71. The molecule has 0 spiro atoms. The van der Waals surface area contributed by atoms with Crippen molar-refractivity contribution in [2.24, 2.45) is 0 Å². The summed E-state index contributed by atoms with van der Waals surface area (Å²) in [5.41, 5.74) is 2.76. The number of fused-ring (bicyclic) bond motifs is 1. The fourth-order valence-corrected chi connectivity index (χ4v) is 1.30. The molecule has 0 fully saturated rings. The molecule has 3 heteroatoms. The zero-order valence-corrected chi connectivity index (χ0v) is 7.34. The van der Waals surface area contributed by atoms with Gasteiger partial charge in [-0.25, -0.2) is 0 Å². The summed E-state index contributed by atoms with van der Waals surface area (Å²) < 4.78 is 0. The van der Waals surface area contributed by atoms with Gasteiger partial charge >= 0.3 is 0 Å². The Kier molecular flexibility index (Phi) is 1.70. The molecule has 0 N–H and O–H groups in total. The third-order valence-electron chi connectivity index (χ3n) is 1.83. The summed E-state index contributed by atoms with van der Waals surface area (Å²) in [4.78, 5) is 8.36. The molecule has 0 aliphatic carbocycles. The first-order valence-electron chi connectivity index (χ1n) is 3.65. The van der Waals surface area contributed by atoms with Crippen LogP contribution in [-0.2, 0) is 0 Å². The summed E-state index contributed by atoms with van der Waals surface area (Å²) >= 11 is 5.92. The Bertz CT molecular complexity index is 426. The Morgan fingerprint density at radius 1 is 1.17 bits per heavy atom. The van der Waals surface area contributed by atoms with Gasteiger partial charge in [0.15, 0.2) is 0 Å². The molecule has 0 saturated carbocycles. The van der Waals surface area contributed by atoms with Crippen molar-refractivity contribution in [2.45, 2.75) is 6.92 Å². The van der Waals surface area contributed by atoms with E-state index in [4.69, 9.17) is 11.6 Å². The minimum Gasteiger partial charge on any atom is -0.253 e. The summed E-state index contributed by atoms with van der Waals surface area (Å²) in [6.07, 6.45) is 3.35. The fraction of sp³-hybridized carbons (Fsp3) is 0.111. The van der Waals surface area contributed by atoms with Gasteiger partial charge in [-0.1, -0.05) is 11.6 Å². The number of benzene rings is 1. The largest absolute Gasteiger partial charge is 0.253 e. The van der Waals surface area contributed by atoms with Crippen molar-refractivity contribution in [1.82, 2.24) is 9.97 Å². The lowest BCUT2D eigenvalue weighted by molar-refractivity contribution is 1.27. The molecule has 0 saturated heterocycles. The van der Waals surface area contributed by atoms with E-state index in [1.807, 2.05) is 19.1 Å². The fourth-order valence-electron chi connectivity index (χ4n) is 1.15. The lowest BCUT2D eigenvalue weighted by Gasteiger charge is -2.00. The van der Waals surface area contributed by atoms with E-state index < -0.39 is 0 Å². The number of hydrogen-bond acceptors (Lipinski definition) is 2. The predicted octanol–water partition coefficient (Wildman–Crippen LogP) is 2.59. The van der Waals surface area contributed by atoms with Gasteiger partial charge in [-0.2, -0.15) is 0 Å². The van der Waals surface area contributed by atoms with Crippen molar-refractivity contribution < 1.29 is 0 Å². The number of hydrogen-bond donors (Lipinski definition) is 0. The molecule has 0 unspecified atom stereocenters. The SMILES string of the molecule is Cc1c(Cl)ccc2nccnc12. The monoisotopic (exact) mass is 178 g/mol. The molecule has 0 aliphatic rings. The third kappa shape index (κ3) is 1.04. The van der Waals surface area contributed by atoms with Crippen molar-refractivity contribution in [3.63, 3.8) is 0 Å². The average molecular weight is 179 g/mol. The van der Waals surface area contributed by atoms with Crippen LogP contribution in [0.2, 0.25) is 5.02 Å². The summed E-state index contributed by atoms with van der Waals surface area (Å²) in [7, 11) is 0. The van der Waals surface area contributed by atoms with Crippen LogP contribution >= 0.6 is 11.6 Å². The Balaban J connectivity index is 2.91. The zero-order chi connectivity index (χ0) is 8.55. The molecule has 2 aromatic rings. The maximum atomic E-state index is 5.92. The molecule has 0 aliphatic heterocycles. The van der Waals surface area contributed by atoms with Gasteiger partial charge in [0.25, 0.3) is 0 Å². The first-order chi connectivity index (χ1) is 5.79. The van der Waals surface area contributed by atoms with Gasteiger partial charge in [-0.15, -0.1) is 0 Å². The van der Waals surface area contributed by atoms with Crippen LogP contribution in [0, 0.1) is 6.92 Å². The van der Waals surface area contributed by atoms with Gasteiger partial charge in [0.05, 0.1) is 11.0 Å². The Morgan fingerprint density at radius 3 is 2.75 bits per heavy atom. The second-order valence-corrected chi connectivity index (χ2v) is 3.00. The highest BCUT2D eigenvalue weighted by Crippen LogP contribution is 2.21. The zero-order valence-electron chi connectivity index (χ0n) is 6.58. The van der Waals surface area contributed by atoms with Gasteiger partial charge in [-0.05, 0) is 24.6 Å². The second-order valence-electron chi connectivity index (χ2n) is 2.60. The molecule has 0 atom stereocenters. The molecule has 12 heavy (non-hydrogen) atoms. The number of halogens is 1. The Morgan fingerprint density at radius 2 is 1.92 bits per heavy atom. The molecular formula is C9H7ClN2. The third-order valence-corrected chi connectivity index (χ3v) is 2.24. The molecule has 2 rings (SSSR count). The second kappa shape index (κ2) is 2.72. The van der Waals surface area contributed by atoms with Gasteiger partial charge in [-0.3, -0.25) is 9.97 Å². The van der Waals surface area contributed by atoms with Crippen molar-refractivity contribution in [1.29, 1.82) is 0 Å². The molecule has 0 bridgehead atoms. The van der Waals surface area contributed by atoms with Crippen molar-refractivity contribution in [3.05, 3.63) is 35.1 Å². The molecule has 1 aromatic heterocycles. The average Bonchev–Trinajstić information content (AvgIpc) is 2.12. The Hall–Kier alpha value is -1.15. The highest BCUT2D eigenvalue weighted by molar-refractivity contribution is 6.32. The summed E-state index contributed by atoms with van der Waals surface area (Å²) in [6.45, 7) is 1.94. The maximum Gasteiger partial charge on any atom is 0.0930 e. The molecule has 1 heterocycles. The van der Waals surface area contributed by atoms with Gasteiger partial charge in [0, 0.05) is 17.4 Å². The van der Waals surface area contributed by atoms with Crippen LogP contribution in [-0.4, -0.2) is 9.97 Å². The molecule has 0 amide bonds. The lowest BCUT2D eigenvalue weighted by atomic mass is 10.2. The van der Waals surface area contributed by atoms with Crippen LogP contribution in [0.25, 0.3) is 11.0 Å². The first kappa shape index (κ1) is 7.50. The Labute approximate surface area is 75.2 Å². The van der Waals surface area contributed by atoms with Gasteiger partial charge < -0.3 is 0 Å².